The number of primary amides is 1. The molecule has 0 spiro atoms. The Morgan fingerprint density at radius 1 is 1.32 bits per heavy atom. The molecule has 1 fully saturated rings. The minimum absolute atomic E-state index is 0.179. The molecule has 1 aromatic carbocycles. The van der Waals surface area contributed by atoms with Crippen LogP contribution >= 0.6 is 11.8 Å². The number of nitrogens with zero attached hydrogens (tertiary/aromatic N) is 1. The molecule has 0 aromatic heterocycles. The fourth-order valence-electron chi connectivity index (χ4n) is 1.50. The van der Waals surface area contributed by atoms with E-state index >= 15 is 0 Å². The predicted octanol–water partition coefficient (Wildman–Crippen LogP) is 1.35. The number of rotatable bonds is 3. The lowest BCUT2D eigenvalue weighted by molar-refractivity contribution is -0.127. The van der Waals surface area contributed by atoms with Crippen LogP contribution in [-0.2, 0) is 9.59 Å². The first-order chi connectivity index (χ1) is 8.97. The van der Waals surface area contributed by atoms with Gasteiger partial charge in [0.25, 0.3) is 11.1 Å². The fourth-order valence-corrected chi connectivity index (χ4v) is 2.34. The molecule has 1 aromatic rings. The van der Waals surface area contributed by atoms with Gasteiger partial charge in [0.15, 0.2) is 0 Å². The zero-order chi connectivity index (χ0) is 14.0. The zero-order valence-corrected chi connectivity index (χ0v) is 10.4. The topological polar surface area (TPSA) is 80.5 Å². The highest BCUT2D eigenvalue weighted by atomic mass is 32.2. The molecule has 1 saturated heterocycles. The van der Waals surface area contributed by atoms with Crippen LogP contribution in [0.15, 0.2) is 29.2 Å². The summed E-state index contributed by atoms with van der Waals surface area (Å²) in [5, 5.41) is -0.544. The molecule has 2 rings (SSSR count). The van der Waals surface area contributed by atoms with Crippen LogP contribution in [0.1, 0.15) is 5.56 Å². The quantitative estimate of drug-likeness (QED) is 0.847. The second kappa shape index (κ2) is 5.23. The van der Waals surface area contributed by atoms with Crippen molar-refractivity contribution in [2.75, 3.05) is 6.54 Å². The maximum Gasteiger partial charge on any atom is 0.294 e. The van der Waals surface area contributed by atoms with Gasteiger partial charge < -0.3 is 5.73 Å². The average Bonchev–Trinajstić information content (AvgIpc) is 2.60. The van der Waals surface area contributed by atoms with Gasteiger partial charge in [-0.15, -0.1) is 0 Å². The summed E-state index contributed by atoms with van der Waals surface area (Å²) < 4.78 is 12.7. The van der Waals surface area contributed by atoms with Crippen molar-refractivity contribution in [1.82, 2.24) is 4.90 Å². The second-order valence-corrected chi connectivity index (χ2v) is 4.78. The Morgan fingerprint density at radius 2 is 1.95 bits per heavy atom. The molecule has 0 bridgehead atoms. The lowest BCUT2D eigenvalue weighted by atomic mass is 10.2. The Kier molecular flexibility index (Phi) is 3.66. The molecule has 0 saturated carbocycles. The Hall–Kier alpha value is -2.15. The first kappa shape index (κ1) is 13.3. The minimum Gasteiger partial charge on any atom is -0.368 e. The molecule has 5 nitrogen and oxygen atoms in total. The summed E-state index contributed by atoms with van der Waals surface area (Å²) in [5.74, 6) is -1.72. The van der Waals surface area contributed by atoms with Gasteiger partial charge in [-0.25, -0.2) is 4.39 Å². The van der Waals surface area contributed by atoms with E-state index in [9.17, 15) is 18.8 Å². The van der Waals surface area contributed by atoms with Crippen molar-refractivity contribution in [3.8, 4) is 0 Å². The molecule has 0 aliphatic carbocycles. The van der Waals surface area contributed by atoms with Gasteiger partial charge >= 0.3 is 0 Å². The smallest absolute Gasteiger partial charge is 0.294 e. The lowest BCUT2D eigenvalue weighted by Crippen LogP contribution is -2.36. The Balaban J connectivity index is 2.23. The van der Waals surface area contributed by atoms with Crippen LogP contribution < -0.4 is 5.73 Å². The van der Waals surface area contributed by atoms with Crippen molar-refractivity contribution in [2.24, 2.45) is 5.73 Å². The van der Waals surface area contributed by atoms with Crippen molar-refractivity contribution >= 4 is 34.9 Å². The third-order valence-corrected chi connectivity index (χ3v) is 3.26. The van der Waals surface area contributed by atoms with Crippen molar-refractivity contribution in [3.05, 3.63) is 40.6 Å². The standard InChI is InChI=1S/C12H9FN2O3S/c13-8-3-1-7(2-4-8)5-9-11(17)15(6-10(14)16)12(18)19-9/h1-5H,6H2,(H2,14,16)/b9-5-. The molecule has 2 N–H and O–H groups in total. The number of halogens is 1. The van der Waals surface area contributed by atoms with Gasteiger partial charge in [0.05, 0.1) is 4.91 Å². The highest BCUT2D eigenvalue weighted by molar-refractivity contribution is 8.18. The highest BCUT2D eigenvalue weighted by Crippen LogP contribution is 2.31. The number of imide groups is 1. The van der Waals surface area contributed by atoms with Crippen molar-refractivity contribution < 1.29 is 18.8 Å². The predicted molar refractivity (Wildman–Crippen MR) is 68.3 cm³/mol. The maximum atomic E-state index is 12.7. The Bertz CT molecular complexity index is 583. The number of thioether (sulfide) groups is 1. The number of amides is 3. The van der Waals surface area contributed by atoms with E-state index in [0.717, 1.165) is 16.7 Å². The number of nitrogens with two attached hydrogens (primary N) is 1. The van der Waals surface area contributed by atoms with Crippen LogP contribution in [0, 0.1) is 5.82 Å². The number of carbonyl (C=O) groups excluding carboxylic acids is 3. The van der Waals surface area contributed by atoms with E-state index in [2.05, 4.69) is 0 Å². The maximum absolute atomic E-state index is 12.7. The summed E-state index contributed by atoms with van der Waals surface area (Å²) >= 11 is 0.720. The average molecular weight is 280 g/mol. The Labute approximate surface area is 112 Å². The minimum atomic E-state index is -0.759. The van der Waals surface area contributed by atoms with Gasteiger partial charge in [-0.05, 0) is 35.5 Å². The van der Waals surface area contributed by atoms with E-state index < -0.39 is 23.6 Å². The van der Waals surface area contributed by atoms with Crippen molar-refractivity contribution in [1.29, 1.82) is 0 Å². The molecule has 1 heterocycles. The summed E-state index contributed by atoms with van der Waals surface area (Å²) in [6.45, 7) is -0.439. The third-order valence-electron chi connectivity index (χ3n) is 2.36. The summed E-state index contributed by atoms with van der Waals surface area (Å²) in [6, 6.07) is 5.47. The Morgan fingerprint density at radius 3 is 2.53 bits per heavy atom. The third kappa shape index (κ3) is 3.00. The molecule has 1 aliphatic heterocycles. The van der Waals surface area contributed by atoms with E-state index in [1.54, 1.807) is 0 Å². The van der Waals surface area contributed by atoms with Crippen LogP contribution in [0.4, 0.5) is 9.18 Å². The van der Waals surface area contributed by atoms with Crippen LogP contribution in [0.2, 0.25) is 0 Å². The zero-order valence-electron chi connectivity index (χ0n) is 9.63. The SMILES string of the molecule is NC(=O)CN1C(=O)S/C(=C\c2ccc(F)cc2)C1=O. The summed E-state index contributed by atoms with van der Waals surface area (Å²) in [5.41, 5.74) is 5.54. The highest BCUT2D eigenvalue weighted by Gasteiger charge is 2.35. The molecule has 0 unspecified atom stereocenters. The first-order valence-corrected chi connectivity index (χ1v) is 6.08. The first-order valence-electron chi connectivity index (χ1n) is 5.26. The van der Waals surface area contributed by atoms with Crippen molar-refractivity contribution in [2.45, 2.75) is 0 Å². The van der Waals surface area contributed by atoms with E-state index in [0.29, 0.717) is 5.56 Å². The van der Waals surface area contributed by atoms with Crippen LogP contribution in [-0.4, -0.2) is 28.5 Å². The lowest BCUT2D eigenvalue weighted by Gasteiger charge is -2.08. The molecule has 19 heavy (non-hydrogen) atoms. The van der Waals surface area contributed by atoms with E-state index in [4.69, 9.17) is 5.73 Å². The summed E-state index contributed by atoms with van der Waals surface area (Å²) in [4.78, 5) is 35.1. The monoisotopic (exact) mass is 280 g/mol. The second-order valence-electron chi connectivity index (χ2n) is 3.79. The van der Waals surface area contributed by atoms with Gasteiger partial charge in [-0.2, -0.15) is 0 Å². The summed E-state index contributed by atoms with van der Waals surface area (Å²) in [7, 11) is 0. The number of hydrogen-bond acceptors (Lipinski definition) is 4. The van der Waals surface area contributed by atoms with Gasteiger partial charge in [0.1, 0.15) is 12.4 Å². The van der Waals surface area contributed by atoms with Crippen LogP contribution in [0.25, 0.3) is 6.08 Å². The van der Waals surface area contributed by atoms with Crippen molar-refractivity contribution in [3.63, 3.8) is 0 Å². The molecule has 1 aliphatic rings. The molecule has 0 radical (unpaired) electrons. The number of hydrogen-bond donors (Lipinski definition) is 1. The van der Waals surface area contributed by atoms with Gasteiger partial charge in [-0.1, -0.05) is 12.1 Å². The van der Waals surface area contributed by atoms with Gasteiger partial charge in [0, 0.05) is 0 Å². The van der Waals surface area contributed by atoms with E-state index in [1.807, 2.05) is 0 Å². The van der Waals surface area contributed by atoms with E-state index in [1.165, 1.54) is 30.3 Å². The molecule has 98 valence electrons. The van der Waals surface area contributed by atoms with Gasteiger partial charge in [-0.3, -0.25) is 19.3 Å². The fraction of sp³-hybridized carbons (Fsp3) is 0.0833. The van der Waals surface area contributed by atoms with E-state index in [-0.39, 0.29) is 10.7 Å². The molecular formula is C12H9FN2O3S. The normalized spacial score (nSPS) is 17.3. The van der Waals surface area contributed by atoms with Crippen LogP contribution in [0.5, 0.6) is 0 Å². The van der Waals surface area contributed by atoms with Crippen LogP contribution in [0.3, 0.4) is 0 Å². The molecule has 0 atom stereocenters. The molecule has 7 heteroatoms. The number of carbonyl (C=O) groups is 3. The molecule has 3 amide bonds. The summed E-state index contributed by atoms with van der Waals surface area (Å²) in [6.07, 6.45) is 1.46. The van der Waals surface area contributed by atoms with Gasteiger partial charge in [0.2, 0.25) is 5.91 Å². The number of benzene rings is 1. The molecular weight excluding hydrogens is 271 g/mol. The largest absolute Gasteiger partial charge is 0.368 e.